The van der Waals surface area contributed by atoms with E-state index in [4.69, 9.17) is 28.9 Å². The third-order valence-corrected chi connectivity index (χ3v) is 3.09. The molecule has 0 radical (unpaired) electrons. The zero-order valence-corrected chi connectivity index (χ0v) is 11.2. The monoisotopic (exact) mass is 298 g/mol. The second-order valence-corrected chi connectivity index (χ2v) is 4.52. The van der Waals surface area contributed by atoms with E-state index < -0.39 is 4.92 Å². The number of aromatic nitrogens is 2. The van der Waals surface area contributed by atoms with E-state index >= 15 is 0 Å². The molecule has 2 rings (SSSR count). The lowest BCUT2D eigenvalue weighted by molar-refractivity contribution is -0.385. The maximum Gasteiger partial charge on any atom is 0.273 e. The Kier molecular flexibility index (Phi) is 3.55. The van der Waals surface area contributed by atoms with Crippen molar-refractivity contribution in [2.75, 3.05) is 5.73 Å². The molecule has 0 fully saturated rings. The summed E-state index contributed by atoms with van der Waals surface area (Å²) in [5, 5.41) is 10.9. The lowest BCUT2D eigenvalue weighted by atomic mass is 10.1. The molecule has 0 aliphatic heterocycles. The zero-order valence-electron chi connectivity index (χ0n) is 9.72. The number of halogens is 2. The zero-order chi connectivity index (χ0) is 14.2. The fraction of sp³-hybridized carbons (Fsp3) is 0.0909. The van der Waals surface area contributed by atoms with Gasteiger partial charge in [0.05, 0.1) is 4.92 Å². The van der Waals surface area contributed by atoms with E-state index in [0.717, 1.165) is 0 Å². The first kappa shape index (κ1) is 13.5. The smallest absolute Gasteiger partial charge is 0.273 e. The third-order valence-electron chi connectivity index (χ3n) is 2.52. The first-order valence-corrected chi connectivity index (χ1v) is 5.89. The number of anilines is 1. The minimum absolute atomic E-state index is 0.0122. The Balaban J connectivity index is 2.60. The average molecular weight is 299 g/mol. The van der Waals surface area contributed by atoms with Crippen molar-refractivity contribution in [3.05, 3.63) is 44.2 Å². The second-order valence-electron chi connectivity index (χ2n) is 3.80. The minimum atomic E-state index is -0.473. The van der Waals surface area contributed by atoms with E-state index in [-0.39, 0.29) is 27.5 Å². The van der Waals surface area contributed by atoms with Crippen molar-refractivity contribution in [2.24, 2.45) is 0 Å². The summed E-state index contributed by atoms with van der Waals surface area (Å²) in [6.07, 6.45) is 0. The molecule has 1 aromatic heterocycles. The topological polar surface area (TPSA) is 94.9 Å². The van der Waals surface area contributed by atoms with Gasteiger partial charge in [-0.3, -0.25) is 10.1 Å². The molecule has 0 unspecified atom stereocenters. The van der Waals surface area contributed by atoms with Gasteiger partial charge in [0.2, 0.25) is 0 Å². The number of nitrogen functional groups attached to an aromatic ring is 1. The number of hydrogen-bond acceptors (Lipinski definition) is 5. The van der Waals surface area contributed by atoms with Crippen LogP contribution in [-0.4, -0.2) is 14.9 Å². The maximum absolute atomic E-state index is 10.9. The fourth-order valence-corrected chi connectivity index (χ4v) is 1.88. The van der Waals surface area contributed by atoms with E-state index in [1.165, 1.54) is 6.07 Å². The number of hydrogen-bond donors (Lipinski definition) is 1. The van der Waals surface area contributed by atoms with Gasteiger partial charge in [-0.05, 0) is 6.92 Å². The molecule has 0 spiro atoms. The molecule has 8 heteroatoms. The SMILES string of the molecule is Cc1ccc(-c2nc(Cl)c(N)c(Cl)n2)cc1[N+](=O)[O-]. The summed E-state index contributed by atoms with van der Waals surface area (Å²) >= 11 is 11.6. The highest BCUT2D eigenvalue weighted by molar-refractivity contribution is 6.37. The molecule has 19 heavy (non-hydrogen) atoms. The van der Waals surface area contributed by atoms with Crippen LogP contribution in [0.4, 0.5) is 11.4 Å². The molecule has 0 bridgehead atoms. The number of nitro groups is 1. The number of nitrogens with zero attached hydrogens (tertiary/aromatic N) is 3. The minimum Gasteiger partial charge on any atom is -0.394 e. The molecular formula is C11H8Cl2N4O2. The summed E-state index contributed by atoms with van der Waals surface area (Å²) < 4.78 is 0. The van der Waals surface area contributed by atoms with Gasteiger partial charge in [0.25, 0.3) is 5.69 Å². The van der Waals surface area contributed by atoms with Crippen LogP contribution in [0.2, 0.25) is 10.3 Å². The molecule has 1 aromatic carbocycles. The Morgan fingerprint density at radius 2 is 1.84 bits per heavy atom. The predicted octanol–water partition coefficient (Wildman–Crippen LogP) is 3.25. The number of aryl methyl sites for hydroxylation is 1. The summed E-state index contributed by atoms with van der Waals surface area (Å²) in [7, 11) is 0. The first-order chi connectivity index (χ1) is 8.90. The van der Waals surface area contributed by atoms with Crippen molar-refractivity contribution in [3.63, 3.8) is 0 Å². The molecule has 0 aliphatic rings. The van der Waals surface area contributed by atoms with Gasteiger partial charge in [-0.25, -0.2) is 9.97 Å². The van der Waals surface area contributed by atoms with Crippen LogP contribution in [0.1, 0.15) is 5.56 Å². The van der Waals surface area contributed by atoms with Gasteiger partial charge in [0, 0.05) is 17.2 Å². The van der Waals surface area contributed by atoms with Crippen molar-refractivity contribution >= 4 is 34.6 Å². The molecule has 6 nitrogen and oxygen atoms in total. The molecule has 0 amide bonds. The summed E-state index contributed by atoms with van der Waals surface area (Å²) in [4.78, 5) is 18.3. The number of benzene rings is 1. The number of rotatable bonds is 2. The molecule has 1 heterocycles. The lowest BCUT2D eigenvalue weighted by Crippen LogP contribution is -1.98. The van der Waals surface area contributed by atoms with Gasteiger partial charge < -0.3 is 5.73 Å². The van der Waals surface area contributed by atoms with Crippen LogP contribution < -0.4 is 5.73 Å². The van der Waals surface area contributed by atoms with Crippen LogP contribution in [0.15, 0.2) is 18.2 Å². The summed E-state index contributed by atoms with van der Waals surface area (Å²) in [5.41, 5.74) is 6.58. The second kappa shape index (κ2) is 4.99. The molecule has 0 atom stereocenters. The van der Waals surface area contributed by atoms with Crippen LogP contribution in [0.3, 0.4) is 0 Å². The Bertz CT molecular complexity index is 653. The number of nitrogens with two attached hydrogens (primary N) is 1. The fourth-order valence-electron chi connectivity index (χ4n) is 1.49. The molecule has 98 valence electrons. The van der Waals surface area contributed by atoms with Crippen LogP contribution in [-0.2, 0) is 0 Å². The highest BCUT2D eigenvalue weighted by atomic mass is 35.5. The van der Waals surface area contributed by atoms with Crippen LogP contribution >= 0.6 is 23.2 Å². The molecular weight excluding hydrogens is 291 g/mol. The summed E-state index contributed by atoms with van der Waals surface area (Å²) in [5.74, 6) is 0.187. The van der Waals surface area contributed by atoms with E-state index in [9.17, 15) is 10.1 Å². The van der Waals surface area contributed by atoms with E-state index in [1.807, 2.05) is 0 Å². The van der Waals surface area contributed by atoms with Gasteiger partial charge >= 0.3 is 0 Å². The molecule has 2 aromatic rings. The van der Waals surface area contributed by atoms with Gasteiger partial charge in [-0.15, -0.1) is 0 Å². The highest BCUT2D eigenvalue weighted by Crippen LogP contribution is 2.29. The van der Waals surface area contributed by atoms with Gasteiger partial charge in [-0.1, -0.05) is 35.3 Å². The quantitative estimate of drug-likeness (QED) is 0.521. The summed E-state index contributed by atoms with van der Waals surface area (Å²) in [6, 6.07) is 4.63. The maximum atomic E-state index is 10.9. The first-order valence-electron chi connectivity index (χ1n) is 5.14. The Labute approximate surface area is 118 Å². The van der Waals surface area contributed by atoms with Gasteiger partial charge in [0.15, 0.2) is 16.1 Å². The lowest BCUT2D eigenvalue weighted by Gasteiger charge is -2.05. The van der Waals surface area contributed by atoms with Crippen molar-refractivity contribution < 1.29 is 4.92 Å². The number of nitro benzene ring substituents is 1. The highest BCUT2D eigenvalue weighted by Gasteiger charge is 2.15. The third kappa shape index (κ3) is 2.59. The Morgan fingerprint density at radius 3 is 2.37 bits per heavy atom. The Hall–Kier alpha value is -1.92. The average Bonchev–Trinajstić information content (AvgIpc) is 2.35. The predicted molar refractivity (Wildman–Crippen MR) is 73.3 cm³/mol. The van der Waals surface area contributed by atoms with Crippen LogP contribution in [0, 0.1) is 17.0 Å². The van der Waals surface area contributed by atoms with E-state index in [2.05, 4.69) is 9.97 Å². The van der Waals surface area contributed by atoms with Gasteiger partial charge in [-0.2, -0.15) is 0 Å². The normalized spacial score (nSPS) is 10.5. The van der Waals surface area contributed by atoms with Crippen molar-refractivity contribution in [1.82, 2.24) is 9.97 Å². The van der Waals surface area contributed by atoms with Gasteiger partial charge in [0.1, 0.15) is 5.69 Å². The molecule has 0 saturated heterocycles. The molecule has 2 N–H and O–H groups in total. The molecule has 0 aliphatic carbocycles. The summed E-state index contributed by atoms with van der Waals surface area (Å²) in [6.45, 7) is 1.64. The van der Waals surface area contributed by atoms with Crippen molar-refractivity contribution in [2.45, 2.75) is 6.92 Å². The molecule has 0 saturated carbocycles. The standard InChI is InChI=1S/C11H8Cl2N4O2/c1-5-2-3-6(4-7(5)17(18)19)11-15-9(12)8(14)10(13)16-11/h2-4H,14H2,1H3. The van der Waals surface area contributed by atoms with Crippen molar-refractivity contribution in [3.8, 4) is 11.4 Å². The van der Waals surface area contributed by atoms with E-state index in [0.29, 0.717) is 11.1 Å². The van der Waals surface area contributed by atoms with Crippen LogP contribution in [0.25, 0.3) is 11.4 Å². The Morgan fingerprint density at radius 1 is 1.26 bits per heavy atom. The van der Waals surface area contributed by atoms with E-state index in [1.54, 1.807) is 19.1 Å². The van der Waals surface area contributed by atoms with Crippen LogP contribution in [0.5, 0.6) is 0 Å². The van der Waals surface area contributed by atoms with Crippen molar-refractivity contribution in [1.29, 1.82) is 0 Å². The largest absolute Gasteiger partial charge is 0.394 e.